The van der Waals surface area contributed by atoms with Crippen LogP contribution in [0.3, 0.4) is 0 Å². The maximum absolute atomic E-state index is 6.30. The molecule has 0 spiro atoms. The highest BCUT2D eigenvalue weighted by atomic mass is 16.5. The second-order valence-corrected chi connectivity index (χ2v) is 16.4. The van der Waals surface area contributed by atoms with E-state index in [4.69, 9.17) is 28.4 Å². The van der Waals surface area contributed by atoms with Gasteiger partial charge < -0.3 is 28.4 Å². The molecule has 0 N–H and O–H groups in total. The summed E-state index contributed by atoms with van der Waals surface area (Å²) in [5.74, 6) is 2.56. The molecule has 272 valence electrons. The van der Waals surface area contributed by atoms with Crippen LogP contribution in [0, 0.1) is 0 Å². The molecule has 0 aliphatic heterocycles. The molecular formula is C43H64O6. The third-order valence-corrected chi connectivity index (χ3v) is 8.51. The summed E-state index contributed by atoms with van der Waals surface area (Å²) in [6.07, 6.45) is 2.80. The Morgan fingerprint density at radius 1 is 0.612 bits per heavy atom. The van der Waals surface area contributed by atoms with E-state index in [0.717, 1.165) is 42.1 Å². The Hall–Kier alpha value is -3.06. The van der Waals surface area contributed by atoms with E-state index in [-0.39, 0.29) is 28.1 Å². The molecular weight excluding hydrogens is 612 g/mol. The highest BCUT2D eigenvalue weighted by Crippen LogP contribution is 2.34. The van der Waals surface area contributed by atoms with Gasteiger partial charge in [-0.25, -0.2) is 0 Å². The number of ether oxygens (including phenoxy) is 6. The van der Waals surface area contributed by atoms with Crippen molar-refractivity contribution in [1.29, 1.82) is 0 Å². The fourth-order valence-corrected chi connectivity index (χ4v) is 5.49. The van der Waals surface area contributed by atoms with Gasteiger partial charge in [0.2, 0.25) is 0 Å². The summed E-state index contributed by atoms with van der Waals surface area (Å²) in [4.78, 5) is 0. The van der Waals surface area contributed by atoms with E-state index in [1.807, 2.05) is 42.5 Å². The molecule has 0 saturated carbocycles. The summed E-state index contributed by atoms with van der Waals surface area (Å²) in [7, 11) is 0. The van der Waals surface area contributed by atoms with Crippen LogP contribution in [0.2, 0.25) is 0 Å². The van der Waals surface area contributed by atoms with Crippen molar-refractivity contribution >= 4 is 0 Å². The third-order valence-electron chi connectivity index (χ3n) is 8.51. The minimum absolute atomic E-state index is 0.0148. The zero-order valence-electron chi connectivity index (χ0n) is 32.3. The Morgan fingerprint density at radius 3 is 2.02 bits per heavy atom. The molecule has 0 saturated heterocycles. The van der Waals surface area contributed by atoms with E-state index in [1.165, 1.54) is 11.1 Å². The lowest BCUT2D eigenvalue weighted by Crippen LogP contribution is -2.30. The monoisotopic (exact) mass is 676 g/mol. The Bertz CT molecular complexity index is 1380. The predicted octanol–water partition coefficient (Wildman–Crippen LogP) is 10.5. The Kier molecular flexibility index (Phi) is 15.0. The zero-order valence-corrected chi connectivity index (χ0v) is 32.3. The molecule has 0 bridgehead atoms. The minimum atomic E-state index is -0.228. The number of para-hydroxylation sites is 1. The molecule has 3 rings (SSSR count). The van der Waals surface area contributed by atoms with Gasteiger partial charge in [-0.15, -0.1) is 0 Å². The van der Waals surface area contributed by atoms with E-state index >= 15 is 0 Å². The molecule has 0 aliphatic carbocycles. The summed E-state index contributed by atoms with van der Waals surface area (Å²) in [6.45, 7) is 27.1. The van der Waals surface area contributed by atoms with Gasteiger partial charge in [-0.1, -0.05) is 77.1 Å². The Balaban J connectivity index is 1.32. The Morgan fingerprint density at radius 2 is 1.33 bits per heavy atom. The first kappa shape index (κ1) is 40.4. The molecule has 3 aromatic rings. The van der Waals surface area contributed by atoms with Crippen LogP contribution in [0.5, 0.6) is 17.2 Å². The van der Waals surface area contributed by atoms with E-state index in [1.54, 1.807) is 0 Å². The van der Waals surface area contributed by atoms with Crippen molar-refractivity contribution in [2.75, 3.05) is 33.0 Å². The summed E-state index contributed by atoms with van der Waals surface area (Å²) in [6, 6.07) is 24.8. The third kappa shape index (κ3) is 15.2. The predicted molar refractivity (Wildman–Crippen MR) is 201 cm³/mol. The van der Waals surface area contributed by atoms with Gasteiger partial charge in [-0.3, -0.25) is 0 Å². The first-order valence-corrected chi connectivity index (χ1v) is 18.0. The van der Waals surface area contributed by atoms with Crippen molar-refractivity contribution in [2.45, 2.75) is 130 Å². The fraction of sp³-hybridized carbons (Fsp3) is 0.581. The van der Waals surface area contributed by atoms with Gasteiger partial charge in [-0.2, -0.15) is 0 Å². The SMILES string of the molecule is CC(COc1cccc(C(C)(C)CCC(C)(C)OCCCOCCOc2ccccc2COc2ccc(C(C)(C)C)cc2)c1)OC(C)(C)C. The second kappa shape index (κ2) is 18.3. The first-order chi connectivity index (χ1) is 22.9. The summed E-state index contributed by atoms with van der Waals surface area (Å²) in [5, 5.41) is 0. The minimum Gasteiger partial charge on any atom is -0.491 e. The fourth-order valence-electron chi connectivity index (χ4n) is 5.49. The maximum atomic E-state index is 6.30. The van der Waals surface area contributed by atoms with Crippen molar-refractivity contribution in [1.82, 2.24) is 0 Å². The number of hydrogen-bond donors (Lipinski definition) is 0. The smallest absolute Gasteiger partial charge is 0.126 e. The van der Waals surface area contributed by atoms with Crippen molar-refractivity contribution < 1.29 is 28.4 Å². The molecule has 6 nitrogen and oxygen atoms in total. The molecule has 0 amide bonds. The zero-order chi connectivity index (χ0) is 36.1. The highest BCUT2D eigenvalue weighted by Gasteiger charge is 2.27. The van der Waals surface area contributed by atoms with E-state index in [0.29, 0.717) is 39.6 Å². The number of rotatable bonds is 20. The van der Waals surface area contributed by atoms with Crippen LogP contribution in [-0.4, -0.2) is 50.3 Å². The molecule has 0 aliphatic rings. The Labute approximate surface area is 297 Å². The summed E-state index contributed by atoms with van der Waals surface area (Å²) in [5.41, 5.74) is 3.26. The van der Waals surface area contributed by atoms with Crippen molar-refractivity contribution in [3.63, 3.8) is 0 Å². The van der Waals surface area contributed by atoms with Crippen LogP contribution in [0.15, 0.2) is 72.8 Å². The summed E-state index contributed by atoms with van der Waals surface area (Å²) < 4.78 is 36.3. The standard InChI is InChI=1S/C43H64O6/c1-33(49-41(5,6)7)31-46-38-18-14-17-36(30-38)42(8,9)24-25-43(10,11)48-27-15-26-44-28-29-45-39-19-13-12-16-34(39)32-47-37-22-20-35(21-23-37)40(2,3)4/h12-14,16-23,30,33H,15,24-29,31-32H2,1-11H3. The quantitative estimate of drug-likeness (QED) is 0.111. The van der Waals surface area contributed by atoms with Gasteiger partial charge in [0.25, 0.3) is 0 Å². The van der Waals surface area contributed by atoms with Crippen LogP contribution >= 0.6 is 0 Å². The van der Waals surface area contributed by atoms with E-state index in [9.17, 15) is 0 Å². The van der Waals surface area contributed by atoms with Crippen LogP contribution < -0.4 is 14.2 Å². The van der Waals surface area contributed by atoms with Crippen molar-refractivity contribution in [2.24, 2.45) is 0 Å². The molecule has 49 heavy (non-hydrogen) atoms. The lowest BCUT2D eigenvalue weighted by atomic mass is 9.78. The lowest BCUT2D eigenvalue weighted by Gasteiger charge is -2.32. The van der Waals surface area contributed by atoms with Gasteiger partial charge in [0.05, 0.1) is 23.9 Å². The van der Waals surface area contributed by atoms with Crippen LogP contribution in [0.1, 0.15) is 112 Å². The van der Waals surface area contributed by atoms with Gasteiger partial charge in [0, 0.05) is 18.8 Å². The van der Waals surface area contributed by atoms with E-state index in [2.05, 4.69) is 106 Å². The average Bonchev–Trinajstić information content (AvgIpc) is 3.03. The topological polar surface area (TPSA) is 55.4 Å². The first-order valence-electron chi connectivity index (χ1n) is 18.0. The van der Waals surface area contributed by atoms with E-state index < -0.39 is 0 Å². The molecule has 0 aromatic heterocycles. The maximum Gasteiger partial charge on any atom is 0.126 e. The van der Waals surface area contributed by atoms with Gasteiger partial charge in [-0.05, 0) is 113 Å². The molecule has 1 atom stereocenters. The average molecular weight is 677 g/mol. The number of benzene rings is 3. The number of hydrogen-bond acceptors (Lipinski definition) is 6. The molecule has 3 aromatic carbocycles. The molecule has 0 fully saturated rings. The van der Waals surface area contributed by atoms with Gasteiger partial charge in [0.1, 0.15) is 37.1 Å². The second-order valence-electron chi connectivity index (χ2n) is 16.4. The van der Waals surface area contributed by atoms with Crippen molar-refractivity contribution in [3.8, 4) is 17.2 Å². The largest absolute Gasteiger partial charge is 0.491 e. The normalized spacial score (nSPS) is 13.3. The molecule has 1 unspecified atom stereocenters. The molecule has 6 heteroatoms. The van der Waals surface area contributed by atoms with Gasteiger partial charge >= 0.3 is 0 Å². The van der Waals surface area contributed by atoms with Crippen molar-refractivity contribution in [3.05, 3.63) is 89.5 Å². The summed E-state index contributed by atoms with van der Waals surface area (Å²) >= 11 is 0. The molecule has 0 radical (unpaired) electrons. The van der Waals surface area contributed by atoms with Crippen LogP contribution in [0.4, 0.5) is 0 Å². The highest BCUT2D eigenvalue weighted by molar-refractivity contribution is 5.35. The van der Waals surface area contributed by atoms with Crippen LogP contribution in [-0.2, 0) is 31.6 Å². The lowest BCUT2D eigenvalue weighted by molar-refractivity contribution is -0.0670. The van der Waals surface area contributed by atoms with Gasteiger partial charge in [0.15, 0.2) is 0 Å². The van der Waals surface area contributed by atoms with Crippen LogP contribution in [0.25, 0.3) is 0 Å². The molecule has 0 heterocycles.